The fraction of sp³-hybridized carbons (Fsp3) is 0.357. The molecule has 0 saturated carbocycles. The van der Waals surface area contributed by atoms with Crippen LogP contribution in [0.4, 0.5) is 14.9 Å². The lowest BCUT2D eigenvalue weighted by atomic mass is 10.1. The van der Waals surface area contributed by atoms with Crippen LogP contribution in [0.1, 0.15) is 18.9 Å². The van der Waals surface area contributed by atoms with Crippen LogP contribution in [0.2, 0.25) is 5.02 Å². The minimum absolute atomic E-state index is 0.209. The summed E-state index contributed by atoms with van der Waals surface area (Å²) in [6.07, 6.45) is 2.91. The quantitative estimate of drug-likeness (QED) is 0.777. The predicted octanol–water partition coefficient (Wildman–Crippen LogP) is 3.97. The van der Waals surface area contributed by atoms with E-state index < -0.39 is 0 Å². The van der Waals surface area contributed by atoms with Gasteiger partial charge in [-0.3, -0.25) is 0 Å². The molecule has 5 heteroatoms. The van der Waals surface area contributed by atoms with Crippen LogP contribution in [0, 0.1) is 12.7 Å². The summed E-state index contributed by atoms with van der Waals surface area (Å²) in [5.41, 5.74) is 2.19. The molecular formula is C14H16ClFN2O. The summed E-state index contributed by atoms with van der Waals surface area (Å²) in [6.45, 7) is 4.96. The topological polar surface area (TPSA) is 32.3 Å². The third-order valence-corrected chi connectivity index (χ3v) is 3.53. The normalized spacial score (nSPS) is 15.2. The van der Waals surface area contributed by atoms with Crippen LogP contribution < -0.4 is 5.32 Å². The zero-order valence-electron chi connectivity index (χ0n) is 11.0. The molecule has 3 nitrogen and oxygen atoms in total. The fourth-order valence-electron chi connectivity index (χ4n) is 1.90. The smallest absolute Gasteiger partial charge is 0.320 e. The highest BCUT2D eigenvalue weighted by atomic mass is 35.5. The number of rotatable bonds is 1. The number of hydrogen-bond donors (Lipinski definition) is 1. The molecule has 1 aromatic carbocycles. The summed E-state index contributed by atoms with van der Waals surface area (Å²) in [4.78, 5) is 13.8. The fourth-order valence-corrected chi connectivity index (χ4v) is 2.10. The van der Waals surface area contributed by atoms with Crippen LogP contribution in [0.3, 0.4) is 0 Å². The van der Waals surface area contributed by atoms with Gasteiger partial charge in [-0.15, -0.1) is 0 Å². The van der Waals surface area contributed by atoms with Crippen LogP contribution in [0.5, 0.6) is 0 Å². The molecule has 0 saturated heterocycles. The number of carbonyl (C=O) groups excluding carboxylic acids is 1. The number of halogens is 2. The lowest BCUT2D eigenvalue weighted by Gasteiger charge is -2.26. The molecule has 19 heavy (non-hydrogen) atoms. The van der Waals surface area contributed by atoms with Gasteiger partial charge in [0, 0.05) is 13.1 Å². The molecule has 1 N–H and O–H groups in total. The van der Waals surface area contributed by atoms with Crippen molar-refractivity contribution in [3.63, 3.8) is 0 Å². The highest BCUT2D eigenvalue weighted by molar-refractivity contribution is 6.33. The Hall–Kier alpha value is -1.55. The number of anilines is 1. The minimum Gasteiger partial charge on any atom is -0.320 e. The van der Waals surface area contributed by atoms with Gasteiger partial charge in [-0.1, -0.05) is 23.3 Å². The van der Waals surface area contributed by atoms with E-state index in [9.17, 15) is 9.18 Å². The van der Waals surface area contributed by atoms with Gasteiger partial charge in [0.2, 0.25) is 0 Å². The van der Waals surface area contributed by atoms with Gasteiger partial charge in [0.25, 0.3) is 0 Å². The SMILES string of the molecule is CC1=CCN(C(=O)Nc2cc(C)c(F)cc2Cl)CC1. The number of aryl methyl sites for hydroxylation is 1. The van der Waals surface area contributed by atoms with Crippen molar-refractivity contribution in [2.45, 2.75) is 20.3 Å². The predicted molar refractivity (Wildman–Crippen MR) is 75.1 cm³/mol. The van der Waals surface area contributed by atoms with E-state index in [4.69, 9.17) is 11.6 Å². The Morgan fingerprint density at radius 2 is 2.16 bits per heavy atom. The van der Waals surface area contributed by atoms with E-state index in [1.807, 2.05) is 6.08 Å². The number of carbonyl (C=O) groups is 1. The van der Waals surface area contributed by atoms with E-state index in [1.165, 1.54) is 11.6 Å². The van der Waals surface area contributed by atoms with Crippen molar-refractivity contribution < 1.29 is 9.18 Å². The van der Waals surface area contributed by atoms with Gasteiger partial charge in [0.15, 0.2) is 0 Å². The molecule has 102 valence electrons. The number of nitrogens with one attached hydrogen (secondary N) is 1. The van der Waals surface area contributed by atoms with Gasteiger partial charge in [-0.25, -0.2) is 9.18 Å². The van der Waals surface area contributed by atoms with Gasteiger partial charge in [-0.2, -0.15) is 0 Å². The zero-order valence-corrected chi connectivity index (χ0v) is 11.7. The van der Waals surface area contributed by atoms with Crippen LogP contribution in [0.15, 0.2) is 23.8 Å². The molecule has 0 radical (unpaired) electrons. The number of nitrogens with zero attached hydrogens (tertiary/aromatic N) is 1. The van der Waals surface area contributed by atoms with Crippen LogP contribution in [-0.2, 0) is 0 Å². The highest BCUT2D eigenvalue weighted by Gasteiger charge is 2.17. The molecule has 0 spiro atoms. The van der Waals surface area contributed by atoms with Crippen molar-refractivity contribution in [3.8, 4) is 0 Å². The largest absolute Gasteiger partial charge is 0.322 e. The molecule has 0 unspecified atom stereocenters. The molecule has 0 fully saturated rings. The average Bonchev–Trinajstić information content (AvgIpc) is 2.36. The van der Waals surface area contributed by atoms with E-state index in [-0.39, 0.29) is 16.9 Å². The van der Waals surface area contributed by atoms with Crippen LogP contribution >= 0.6 is 11.6 Å². The van der Waals surface area contributed by atoms with E-state index in [2.05, 4.69) is 12.2 Å². The van der Waals surface area contributed by atoms with E-state index >= 15 is 0 Å². The molecule has 0 aromatic heterocycles. The number of urea groups is 1. The Morgan fingerprint density at radius 1 is 1.42 bits per heavy atom. The van der Waals surface area contributed by atoms with Crippen molar-refractivity contribution >= 4 is 23.3 Å². The monoisotopic (exact) mass is 282 g/mol. The first kappa shape index (κ1) is 13.9. The lowest BCUT2D eigenvalue weighted by Crippen LogP contribution is -2.37. The lowest BCUT2D eigenvalue weighted by molar-refractivity contribution is 0.215. The molecule has 1 aliphatic rings. The summed E-state index contributed by atoms with van der Waals surface area (Å²) in [5.74, 6) is -0.375. The minimum atomic E-state index is -0.375. The molecule has 2 rings (SSSR count). The summed E-state index contributed by atoms with van der Waals surface area (Å²) in [6, 6.07) is 2.55. The third-order valence-electron chi connectivity index (χ3n) is 3.21. The standard InChI is InChI=1S/C14H16ClFN2O/c1-9-3-5-18(6-4-9)14(19)17-13-7-10(2)12(16)8-11(13)15/h3,7-8H,4-6H2,1-2H3,(H,17,19). The van der Waals surface area contributed by atoms with E-state index in [0.29, 0.717) is 24.3 Å². The van der Waals surface area contributed by atoms with Gasteiger partial charge < -0.3 is 10.2 Å². The second kappa shape index (κ2) is 5.61. The van der Waals surface area contributed by atoms with Crippen molar-refractivity contribution in [3.05, 3.63) is 40.2 Å². The van der Waals surface area contributed by atoms with Crippen LogP contribution in [-0.4, -0.2) is 24.0 Å². The van der Waals surface area contributed by atoms with Gasteiger partial charge in [0.1, 0.15) is 5.82 Å². The summed E-state index contributed by atoms with van der Waals surface area (Å²) in [7, 11) is 0. The number of amides is 2. The van der Waals surface area contributed by atoms with Crippen molar-refractivity contribution in [2.24, 2.45) is 0 Å². The Bertz CT molecular complexity index is 542. The second-order valence-electron chi connectivity index (χ2n) is 4.76. The molecule has 1 heterocycles. The van der Waals surface area contributed by atoms with Crippen molar-refractivity contribution in [1.29, 1.82) is 0 Å². The average molecular weight is 283 g/mol. The van der Waals surface area contributed by atoms with E-state index in [0.717, 1.165) is 6.42 Å². The molecular weight excluding hydrogens is 267 g/mol. The van der Waals surface area contributed by atoms with Gasteiger partial charge in [-0.05, 0) is 38.0 Å². The summed E-state index contributed by atoms with van der Waals surface area (Å²) in [5, 5.41) is 2.93. The molecule has 0 bridgehead atoms. The third kappa shape index (κ3) is 3.26. The van der Waals surface area contributed by atoms with Crippen molar-refractivity contribution in [1.82, 2.24) is 4.90 Å². The van der Waals surface area contributed by atoms with Gasteiger partial charge >= 0.3 is 6.03 Å². The number of benzene rings is 1. The Labute approximate surface area is 117 Å². The Balaban J connectivity index is 2.09. The first-order chi connectivity index (χ1) is 8.97. The molecule has 2 amide bonds. The number of hydrogen-bond acceptors (Lipinski definition) is 1. The Morgan fingerprint density at radius 3 is 2.79 bits per heavy atom. The molecule has 0 aliphatic carbocycles. The summed E-state index contributed by atoms with van der Waals surface area (Å²) >= 11 is 5.92. The summed E-state index contributed by atoms with van der Waals surface area (Å²) < 4.78 is 13.3. The first-order valence-corrected chi connectivity index (χ1v) is 6.52. The molecule has 1 aromatic rings. The van der Waals surface area contributed by atoms with Crippen molar-refractivity contribution in [2.75, 3.05) is 18.4 Å². The molecule has 1 aliphatic heterocycles. The maximum absolute atomic E-state index is 13.3. The zero-order chi connectivity index (χ0) is 14.0. The maximum Gasteiger partial charge on any atom is 0.322 e. The van der Waals surface area contributed by atoms with Gasteiger partial charge in [0.05, 0.1) is 10.7 Å². The molecule has 0 atom stereocenters. The highest BCUT2D eigenvalue weighted by Crippen LogP contribution is 2.25. The Kier molecular flexibility index (Phi) is 4.10. The first-order valence-electron chi connectivity index (χ1n) is 6.14. The van der Waals surface area contributed by atoms with E-state index in [1.54, 1.807) is 17.9 Å². The van der Waals surface area contributed by atoms with Crippen LogP contribution in [0.25, 0.3) is 0 Å². The second-order valence-corrected chi connectivity index (χ2v) is 5.17. The maximum atomic E-state index is 13.3.